The van der Waals surface area contributed by atoms with E-state index in [0.717, 1.165) is 61.7 Å². The van der Waals surface area contributed by atoms with Gasteiger partial charge in [0.2, 0.25) is 5.91 Å². The van der Waals surface area contributed by atoms with Crippen LogP contribution in [0.15, 0.2) is 18.2 Å². The number of halogens is 1. The number of nitrogens with zero attached hydrogens (tertiary/aromatic N) is 2. The fourth-order valence-corrected chi connectivity index (χ4v) is 4.73. The monoisotopic (exact) mass is 425 g/mol. The third kappa shape index (κ3) is 4.12. The lowest BCUT2D eigenvalue weighted by atomic mass is 9.95. The van der Waals surface area contributed by atoms with Crippen molar-refractivity contribution >= 4 is 28.3 Å². The van der Waals surface area contributed by atoms with Crippen molar-refractivity contribution < 1.29 is 14.0 Å². The fraction of sp³-hybridized carbons (Fsp3) is 0.520. The summed E-state index contributed by atoms with van der Waals surface area (Å²) in [5, 5.41) is 0.774. The Hall–Kier alpha value is -2.63. The molecule has 1 N–H and O–H groups in total. The predicted molar refractivity (Wildman–Crippen MR) is 121 cm³/mol. The number of amides is 2. The molecule has 0 bridgehead atoms. The number of aromatic nitrogens is 1. The number of aromatic amines is 1. The van der Waals surface area contributed by atoms with Gasteiger partial charge >= 0.3 is 0 Å². The number of H-pyrrole nitrogens is 1. The second-order valence-corrected chi connectivity index (χ2v) is 9.01. The molecule has 0 radical (unpaired) electrons. The Balaban J connectivity index is 1.71. The first kappa shape index (κ1) is 21.6. The lowest BCUT2D eigenvalue weighted by Gasteiger charge is -2.29. The minimum absolute atomic E-state index is 0.0514. The highest BCUT2D eigenvalue weighted by Gasteiger charge is 2.26. The summed E-state index contributed by atoms with van der Waals surface area (Å²) >= 11 is 0. The number of carbonyl (C=O) groups excluding carboxylic acids is 2. The second kappa shape index (κ2) is 8.85. The van der Waals surface area contributed by atoms with E-state index in [1.165, 1.54) is 0 Å². The van der Waals surface area contributed by atoms with Gasteiger partial charge in [0, 0.05) is 43.0 Å². The van der Waals surface area contributed by atoms with Crippen LogP contribution in [0.25, 0.3) is 16.5 Å². The predicted octanol–water partition coefficient (Wildman–Crippen LogP) is 4.77. The number of piperidine rings is 1. The van der Waals surface area contributed by atoms with E-state index in [1.54, 1.807) is 0 Å². The third-order valence-corrected chi connectivity index (χ3v) is 6.50. The fourth-order valence-electron chi connectivity index (χ4n) is 4.73. The van der Waals surface area contributed by atoms with Gasteiger partial charge in [-0.1, -0.05) is 26.8 Å². The molecule has 2 aliphatic heterocycles. The largest absolute Gasteiger partial charge is 0.348 e. The number of rotatable bonds is 4. The van der Waals surface area contributed by atoms with Gasteiger partial charge in [0.05, 0.1) is 5.52 Å². The van der Waals surface area contributed by atoms with Gasteiger partial charge in [0.1, 0.15) is 5.69 Å². The maximum Gasteiger partial charge on any atom is 0.270 e. The molecule has 1 saturated heterocycles. The van der Waals surface area contributed by atoms with Gasteiger partial charge in [-0.3, -0.25) is 9.59 Å². The number of hydrogen-bond donors (Lipinski definition) is 1. The van der Waals surface area contributed by atoms with Crippen LogP contribution >= 0.6 is 0 Å². The van der Waals surface area contributed by atoms with E-state index in [0.29, 0.717) is 29.9 Å². The van der Waals surface area contributed by atoms with Crippen LogP contribution in [-0.4, -0.2) is 52.8 Å². The van der Waals surface area contributed by atoms with Crippen LogP contribution in [0.5, 0.6) is 0 Å². The molecule has 1 aromatic heterocycles. The van der Waals surface area contributed by atoms with E-state index in [2.05, 4.69) is 4.98 Å². The molecule has 2 aliphatic rings. The normalized spacial score (nSPS) is 17.4. The number of nitrogens with one attached hydrogen (secondary N) is 1. The van der Waals surface area contributed by atoms with Crippen LogP contribution in [0.3, 0.4) is 0 Å². The highest BCUT2D eigenvalue weighted by molar-refractivity contribution is 6.00. The van der Waals surface area contributed by atoms with Crippen molar-refractivity contribution in [2.45, 2.75) is 52.9 Å². The van der Waals surface area contributed by atoms with Gasteiger partial charge in [-0.25, -0.2) is 4.39 Å². The summed E-state index contributed by atoms with van der Waals surface area (Å²) in [6.45, 7) is 8.43. The van der Waals surface area contributed by atoms with Crippen molar-refractivity contribution in [1.29, 1.82) is 0 Å². The van der Waals surface area contributed by atoms with E-state index in [1.807, 2.05) is 48.8 Å². The Morgan fingerprint density at radius 3 is 2.52 bits per heavy atom. The number of likely N-dealkylation sites (tertiary alicyclic amines) is 1. The smallest absolute Gasteiger partial charge is 0.270 e. The molecule has 2 amide bonds. The first-order valence-electron chi connectivity index (χ1n) is 11.5. The van der Waals surface area contributed by atoms with E-state index >= 15 is 4.39 Å². The Morgan fingerprint density at radius 2 is 1.84 bits per heavy atom. The molecular formula is C25H32FN3O2. The van der Waals surface area contributed by atoms with Gasteiger partial charge < -0.3 is 14.8 Å². The van der Waals surface area contributed by atoms with Crippen molar-refractivity contribution in [2.24, 2.45) is 5.92 Å². The first-order chi connectivity index (χ1) is 14.9. The van der Waals surface area contributed by atoms with Gasteiger partial charge in [0.15, 0.2) is 5.82 Å². The number of hydrogen-bond acceptors (Lipinski definition) is 2. The summed E-state index contributed by atoms with van der Waals surface area (Å²) in [4.78, 5) is 32.2. The molecule has 0 aliphatic carbocycles. The molecule has 31 heavy (non-hydrogen) atoms. The van der Waals surface area contributed by atoms with Crippen LogP contribution in [0.1, 0.15) is 68.1 Å². The topological polar surface area (TPSA) is 56.4 Å². The second-order valence-electron chi connectivity index (χ2n) is 9.01. The van der Waals surface area contributed by atoms with Crippen molar-refractivity contribution in [3.8, 4) is 0 Å². The molecule has 5 nitrogen and oxygen atoms in total. The standard InChI is InChI=1S/C25H32FN3O2/c1-4-17-13-19(18-9-8-12-29(15-18)24(30)16(2)3)22(26)23-20(17)14-21(27-23)25(31)28-10-6-5-7-11-28/h9,13-14,16,27H,4-8,10-12,15H2,1-3H3. The summed E-state index contributed by atoms with van der Waals surface area (Å²) in [5.41, 5.74) is 3.23. The van der Waals surface area contributed by atoms with E-state index in [9.17, 15) is 9.59 Å². The van der Waals surface area contributed by atoms with Gasteiger partial charge in [0.25, 0.3) is 5.91 Å². The lowest BCUT2D eigenvalue weighted by molar-refractivity contribution is -0.133. The number of fused-ring (bicyclic) bond motifs is 1. The SMILES string of the molecule is CCc1cc(C2=CCCN(C(=O)C(C)C)C2)c(F)c2[nH]c(C(=O)N3CCCCC3)cc12. The lowest BCUT2D eigenvalue weighted by Crippen LogP contribution is -2.38. The Morgan fingerprint density at radius 1 is 1.10 bits per heavy atom. The van der Waals surface area contributed by atoms with E-state index in [4.69, 9.17) is 0 Å². The molecule has 2 aromatic rings. The van der Waals surface area contributed by atoms with Gasteiger partial charge in [-0.15, -0.1) is 0 Å². The van der Waals surface area contributed by atoms with E-state index in [-0.39, 0.29) is 23.5 Å². The summed E-state index contributed by atoms with van der Waals surface area (Å²) in [6.07, 6.45) is 6.68. The molecule has 1 fully saturated rings. The Labute approximate surface area is 183 Å². The number of carbonyl (C=O) groups is 2. The van der Waals surface area contributed by atoms with Crippen molar-refractivity contribution in [2.75, 3.05) is 26.2 Å². The molecule has 0 unspecified atom stereocenters. The Bertz CT molecular complexity index is 1030. The van der Waals surface area contributed by atoms with Crippen molar-refractivity contribution in [1.82, 2.24) is 14.8 Å². The molecule has 6 heteroatoms. The number of benzene rings is 1. The van der Waals surface area contributed by atoms with Crippen LogP contribution in [0.2, 0.25) is 0 Å². The molecular weight excluding hydrogens is 393 g/mol. The molecule has 3 heterocycles. The highest BCUT2D eigenvalue weighted by Crippen LogP contribution is 2.32. The van der Waals surface area contributed by atoms with Gasteiger partial charge in [-0.05, 0) is 55.4 Å². The van der Waals surface area contributed by atoms with E-state index < -0.39 is 0 Å². The van der Waals surface area contributed by atoms with Crippen LogP contribution in [0.4, 0.5) is 4.39 Å². The zero-order valence-corrected chi connectivity index (χ0v) is 18.8. The summed E-state index contributed by atoms with van der Waals surface area (Å²) in [7, 11) is 0. The van der Waals surface area contributed by atoms with Crippen LogP contribution < -0.4 is 0 Å². The average Bonchev–Trinajstić information content (AvgIpc) is 3.25. The maximum absolute atomic E-state index is 15.7. The summed E-state index contributed by atoms with van der Waals surface area (Å²) in [6, 6.07) is 3.71. The molecule has 1 aromatic carbocycles. The zero-order chi connectivity index (χ0) is 22.1. The quantitative estimate of drug-likeness (QED) is 0.767. The van der Waals surface area contributed by atoms with Crippen LogP contribution in [0, 0.1) is 11.7 Å². The minimum atomic E-state index is -0.338. The number of aryl methyl sites for hydroxylation is 1. The van der Waals surface area contributed by atoms with Crippen LogP contribution in [-0.2, 0) is 11.2 Å². The maximum atomic E-state index is 15.7. The molecule has 166 valence electrons. The van der Waals surface area contributed by atoms with Crippen molar-refractivity contribution in [3.05, 3.63) is 40.8 Å². The molecule has 0 saturated carbocycles. The third-order valence-electron chi connectivity index (χ3n) is 6.50. The van der Waals surface area contributed by atoms with Crippen molar-refractivity contribution in [3.63, 3.8) is 0 Å². The highest BCUT2D eigenvalue weighted by atomic mass is 19.1. The molecule has 4 rings (SSSR count). The average molecular weight is 426 g/mol. The summed E-state index contributed by atoms with van der Waals surface area (Å²) < 4.78 is 15.7. The minimum Gasteiger partial charge on any atom is -0.348 e. The first-order valence-corrected chi connectivity index (χ1v) is 11.5. The van der Waals surface area contributed by atoms with Gasteiger partial charge in [-0.2, -0.15) is 0 Å². The summed E-state index contributed by atoms with van der Waals surface area (Å²) in [5.74, 6) is -0.374. The Kier molecular flexibility index (Phi) is 6.17. The molecule has 0 atom stereocenters. The zero-order valence-electron chi connectivity index (χ0n) is 18.8. The molecule has 0 spiro atoms.